The fraction of sp³-hybridized carbons (Fsp3) is 0.688. The van der Waals surface area contributed by atoms with Gasteiger partial charge in [-0.3, -0.25) is 0 Å². The highest BCUT2D eigenvalue weighted by Crippen LogP contribution is 2.23. The Bertz CT molecular complexity index is 289. The van der Waals surface area contributed by atoms with E-state index in [0.29, 0.717) is 12.2 Å². The summed E-state index contributed by atoms with van der Waals surface area (Å²) >= 11 is 0. The van der Waals surface area contributed by atoms with E-state index in [0.717, 1.165) is 12.8 Å². The molecule has 0 unspecified atom stereocenters. The third kappa shape index (κ3) is 7.14. The number of rotatable bonds is 6. The Kier molecular flexibility index (Phi) is 6.91. The number of carbonyl (C=O) groups is 1. The van der Waals surface area contributed by atoms with E-state index >= 15 is 0 Å². The summed E-state index contributed by atoms with van der Waals surface area (Å²) in [5, 5.41) is 0. The highest BCUT2D eigenvalue weighted by atomic mass is 16.1. The molecular weight excluding hydrogens is 208 g/mol. The number of allylic oxidation sites excluding steroid dienone is 4. The van der Waals surface area contributed by atoms with Crippen LogP contribution in [0.2, 0.25) is 0 Å². The lowest BCUT2D eigenvalue weighted by Crippen LogP contribution is -1.93. The molecule has 0 atom stereocenters. The van der Waals surface area contributed by atoms with Crippen LogP contribution in [0.3, 0.4) is 0 Å². The Morgan fingerprint density at radius 3 is 2.41 bits per heavy atom. The molecule has 0 radical (unpaired) electrons. The molecule has 1 saturated carbocycles. The smallest absolute Gasteiger partial charge is 0.130 e. The van der Waals surface area contributed by atoms with Gasteiger partial charge >= 0.3 is 0 Å². The predicted octanol–water partition coefficient (Wildman–Crippen LogP) is 4.97. The number of hydrogen-bond acceptors (Lipinski definition) is 1. The van der Waals surface area contributed by atoms with Crippen LogP contribution in [0.5, 0.6) is 0 Å². The number of ketones is 1. The van der Waals surface area contributed by atoms with E-state index in [9.17, 15) is 4.79 Å². The zero-order valence-corrected chi connectivity index (χ0v) is 11.4. The number of carbonyl (C=O) groups excluding carboxylic acids is 1. The highest BCUT2D eigenvalue weighted by Gasteiger charge is 2.03. The molecule has 96 valence electrons. The monoisotopic (exact) mass is 234 g/mol. The molecule has 17 heavy (non-hydrogen) atoms. The maximum atomic E-state index is 10.8. The molecule has 0 aromatic carbocycles. The molecule has 0 bridgehead atoms. The molecule has 0 aromatic heterocycles. The van der Waals surface area contributed by atoms with Gasteiger partial charge in [-0.05, 0) is 58.8 Å². The van der Waals surface area contributed by atoms with Crippen LogP contribution in [-0.4, -0.2) is 5.78 Å². The predicted molar refractivity (Wildman–Crippen MR) is 74.1 cm³/mol. The topological polar surface area (TPSA) is 17.1 Å². The minimum absolute atomic E-state index is 0.290. The third-order valence-electron chi connectivity index (χ3n) is 3.46. The Labute approximate surface area is 106 Å². The van der Waals surface area contributed by atoms with Crippen molar-refractivity contribution in [3.05, 3.63) is 23.3 Å². The summed E-state index contributed by atoms with van der Waals surface area (Å²) in [5.41, 5.74) is 3.10. The van der Waals surface area contributed by atoms with Gasteiger partial charge in [-0.15, -0.1) is 0 Å². The normalized spacial score (nSPS) is 17.1. The molecular formula is C16H26O. The second kappa shape index (κ2) is 8.27. The summed E-state index contributed by atoms with van der Waals surface area (Å²) in [6.07, 6.45) is 15.5. The first-order valence-corrected chi connectivity index (χ1v) is 7.01. The minimum atomic E-state index is 0.290. The molecule has 0 N–H and O–H groups in total. The van der Waals surface area contributed by atoms with Gasteiger partial charge in [0.25, 0.3) is 0 Å². The summed E-state index contributed by atoms with van der Waals surface area (Å²) in [5.74, 6) is 0.290. The van der Waals surface area contributed by atoms with Gasteiger partial charge in [-0.2, -0.15) is 0 Å². The van der Waals surface area contributed by atoms with Gasteiger partial charge < -0.3 is 4.79 Å². The molecule has 0 spiro atoms. The van der Waals surface area contributed by atoms with Gasteiger partial charge in [0, 0.05) is 6.42 Å². The first-order chi connectivity index (χ1) is 8.18. The van der Waals surface area contributed by atoms with E-state index in [1.54, 1.807) is 12.5 Å². The van der Waals surface area contributed by atoms with Crippen molar-refractivity contribution in [2.45, 2.75) is 71.6 Å². The van der Waals surface area contributed by atoms with Crippen LogP contribution in [-0.2, 0) is 4.79 Å². The molecule has 1 aliphatic rings. The standard InChI is InChI=1S/C16H26O/c1-14(8-6-10-15(2)17)9-7-13-16-11-4-3-5-12-16/h8,13H,3-7,9-12H2,1-2H3/b14-8+. The van der Waals surface area contributed by atoms with Gasteiger partial charge in [0.05, 0.1) is 0 Å². The average molecular weight is 234 g/mol. The maximum Gasteiger partial charge on any atom is 0.130 e. The third-order valence-corrected chi connectivity index (χ3v) is 3.46. The van der Waals surface area contributed by atoms with Crippen molar-refractivity contribution in [2.75, 3.05) is 0 Å². The lowest BCUT2D eigenvalue weighted by atomic mass is 9.93. The van der Waals surface area contributed by atoms with Gasteiger partial charge in [-0.25, -0.2) is 0 Å². The van der Waals surface area contributed by atoms with Crippen molar-refractivity contribution in [3.63, 3.8) is 0 Å². The fourth-order valence-corrected chi connectivity index (χ4v) is 2.34. The first-order valence-electron chi connectivity index (χ1n) is 7.01. The second-order valence-electron chi connectivity index (χ2n) is 5.25. The van der Waals surface area contributed by atoms with E-state index in [1.807, 2.05) is 0 Å². The highest BCUT2D eigenvalue weighted by molar-refractivity contribution is 5.75. The van der Waals surface area contributed by atoms with Crippen LogP contribution < -0.4 is 0 Å². The Balaban J connectivity index is 2.18. The van der Waals surface area contributed by atoms with Crippen molar-refractivity contribution in [2.24, 2.45) is 0 Å². The van der Waals surface area contributed by atoms with Gasteiger partial charge in [0.15, 0.2) is 0 Å². The van der Waals surface area contributed by atoms with Crippen LogP contribution in [0.15, 0.2) is 23.3 Å². The quantitative estimate of drug-likeness (QED) is 0.593. The van der Waals surface area contributed by atoms with E-state index in [-0.39, 0.29) is 0 Å². The molecule has 1 heteroatoms. The van der Waals surface area contributed by atoms with Gasteiger partial charge in [-0.1, -0.05) is 29.7 Å². The molecule has 1 fully saturated rings. The van der Waals surface area contributed by atoms with E-state index in [1.165, 1.54) is 44.1 Å². The van der Waals surface area contributed by atoms with Crippen molar-refractivity contribution >= 4 is 5.78 Å². The Morgan fingerprint density at radius 1 is 1.06 bits per heavy atom. The summed E-state index contributed by atoms with van der Waals surface area (Å²) < 4.78 is 0. The maximum absolute atomic E-state index is 10.8. The Hall–Kier alpha value is -0.850. The number of hydrogen-bond donors (Lipinski definition) is 0. The molecule has 0 heterocycles. The van der Waals surface area contributed by atoms with Crippen molar-refractivity contribution < 1.29 is 4.79 Å². The second-order valence-corrected chi connectivity index (χ2v) is 5.25. The molecule has 0 amide bonds. The van der Waals surface area contributed by atoms with Gasteiger partial charge in [0.1, 0.15) is 5.78 Å². The summed E-state index contributed by atoms with van der Waals surface area (Å²) in [4.78, 5) is 10.8. The number of Topliss-reactive ketones (excluding diaryl/α,β-unsaturated/α-hetero) is 1. The van der Waals surface area contributed by atoms with Crippen LogP contribution in [0.4, 0.5) is 0 Å². The molecule has 0 saturated heterocycles. The molecule has 0 aromatic rings. The van der Waals surface area contributed by atoms with Crippen LogP contribution in [0.1, 0.15) is 71.6 Å². The minimum Gasteiger partial charge on any atom is -0.300 e. The molecule has 1 rings (SSSR count). The lowest BCUT2D eigenvalue weighted by Gasteiger charge is -2.13. The zero-order valence-electron chi connectivity index (χ0n) is 11.4. The van der Waals surface area contributed by atoms with Crippen molar-refractivity contribution in [1.82, 2.24) is 0 Å². The van der Waals surface area contributed by atoms with Crippen LogP contribution >= 0.6 is 0 Å². The summed E-state index contributed by atoms with van der Waals surface area (Å²) in [7, 11) is 0. The molecule has 1 aliphatic carbocycles. The van der Waals surface area contributed by atoms with Crippen molar-refractivity contribution in [1.29, 1.82) is 0 Å². The van der Waals surface area contributed by atoms with Crippen LogP contribution in [0, 0.1) is 0 Å². The van der Waals surface area contributed by atoms with Gasteiger partial charge in [0.2, 0.25) is 0 Å². The van der Waals surface area contributed by atoms with Crippen molar-refractivity contribution in [3.8, 4) is 0 Å². The van der Waals surface area contributed by atoms with Crippen LogP contribution in [0.25, 0.3) is 0 Å². The average Bonchev–Trinajstić information content (AvgIpc) is 2.30. The first kappa shape index (κ1) is 14.2. The molecule has 0 aliphatic heterocycles. The largest absolute Gasteiger partial charge is 0.300 e. The zero-order chi connectivity index (χ0) is 12.5. The summed E-state index contributed by atoms with van der Waals surface area (Å²) in [6, 6.07) is 0. The Morgan fingerprint density at radius 2 is 1.76 bits per heavy atom. The lowest BCUT2D eigenvalue weighted by molar-refractivity contribution is -0.116. The SMILES string of the molecule is CC(=O)CC/C=C(\C)CCC=C1CCCCC1. The summed E-state index contributed by atoms with van der Waals surface area (Å²) in [6.45, 7) is 3.84. The molecule has 1 nitrogen and oxygen atoms in total. The van der Waals surface area contributed by atoms with E-state index < -0.39 is 0 Å². The van der Waals surface area contributed by atoms with E-state index in [2.05, 4.69) is 19.1 Å². The van der Waals surface area contributed by atoms with E-state index in [4.69, 9.17) is 0 Å². The fourth-order valence-electron chi connectivity index (χ4n) is 2.34.